The third kappa shape index (κ3) is 3.92. The van der Waals surface area contributed by atoms with E-state index in [2.05, 4.69) is 52.5 Å². The summed E-state index contributed by atoms with van der Waals surface area (Å²) in [5.74, 6) is 1.32. The molecule has 2 heterocycles. The van der Waals surface area contributed by atoms with E-state index in [-0.39, 0.29) is 0 Å². The van der Waals surface area contributed by atoms with Crippen LogP contribution in [0.3, 0.4) is 0 Å². The van der Waals surface area contributed by atoms with Crippen molar-refractivity contribution >= 4 is 11.5 Å². The van der Waals surface area contributed by atoms with Gasteiger partial charge in [-0.1, -0.05) is 26.0 Å². The van der Waals surface area contributed by atoms with Crippen LogP contribution in [-0.2, 0) is 0 Å². The highest BCUT2D eigenvalue weighted by Gasteiger charge is 2.20. The second kappa shape index (κ2) is 7.70. The van der Waals surface area contributed by atoms with Gasteiger partial charge in [-0.15, -0.1) is 28.5 Å². The Morgan fingerprint density at radius 3 is 2.64 bits per heavy atom. The molecule has 0 unspecified atom stereocenters. The second-order valence-corrected chi connectivity index (χ2v) is 5.58. The first-order valence-corrected chi connectivity index (χ1v) is 7.52. The molecular formula is C16H24N6. The standard InChI is InChI=1S/C16H24N6/c1-5-9-21(10-6-2)14(13(3)4)11-17-15-7-8-16-19-18-12-22(16)20-15/h5-8,12-14H,1-2,9-11H2,3-4H3,(H,17,20)/t14-/m1/s1. The van der Waals surface area contributed by atoms with Crippen LogP contribution in [0.2, 0.25) is 0 Å². The Hall–Kier alpha value is -2.21. The third-order valence-corrected chi connectivity index (χ3v) is 3.62. The van der Waals surface area contributed by atoms with Gasteiger partial charge in [0.2, 0.25) is 0 Å². The van der Waals surface area contributed by atoms with Crippen molar-refractivity contribution in [2.45, 2.75) is 19.9 Å². The molecule has 0 aliphatic rings. The number of hydrogen-bond donors (Lipinski definition) is 1. The van der Waals surface area contributed by atoms with E-state index in [1.165, 1.54) is 0 Å². The molecule has 0 radical (unpaired) electrons. The van der Waals surface area contributed by atoms with Gasteiger partial charge < -0.3 is 5.32 Å². The average molecular weight is 300 g/mol. The summed E-state index contributed by atoms with van der Waals surface area (Å²) in [5.41, 5.74) is 0.742. The van der Waals surface area contributed by atoms with Crippen molar-refractivity contribution in [2.24, 2.45) is 5.92 Å². The first kappa shape index (κ1) is 16.2. The van der Waals surface area contributed by atoms with Crippen LogP contribution in [-0.4, -0.2) is 50.4 Å². The molecule has 6 nitrogen and oxygen atoms in total. The minimum atomic E-state index is 0.370. The molecule has 22 heavy (non-hydrogen) atoms. The molecule has 0 saturated carbocycles. The fourth-order valence-corrected chi connectivity index (χ4v) is 2.50. The molecule has 118 valence electrons. The Bertz CT molecular complexity index is 608. The maximum absolute atomic E-state index is 4.44. The van der Waals surface area contributed by atoms with Crippen LogP contribution < -0.4 is 5.32 Å². The lowest BCUT2D eigenvalue weighted by molar-refractivity contribution is 0.199. The molecule has 1 atom stereocenters. The summed E-state index contributed by atoms with van der Waals surface area (Å²) in [6.45, 7) is 14.6. The molecular weight excluding hydrogens is 276 g/mol. The smallest absolute Gasteiger partial charge is 0.177 e. The molecule has 0 bridgehead atoms. The molecule has 2 aromatic rings. The van der Waals surface area contributed by atoms with Crippen molar-refractivity contribution in [3.8, 4) is 0 Å². The van der Waals surface area contributed by atoms with E-state index in [9.17, 15) is 0 Å². The number of rotatable bonds is 9. The lowest BCUT2D eigenvalue weighted by atomic mass is 10.0. The SMILES string of the molecule is C=CCN(CC=C)[C@H](CNc1ccc2nncn2n1)C(C)C. The van der Waals surface area contributed by atoms with Gasteiger partial charge in [-0.3, -0.25) is 4.90 Å². The molecule has 0 amide bonds. The summed E-state index contributed by atoms with van der Waals surface area (Å²) in [7, 11) is 0. The lowest BCUT2D eigenvalue weighted by Gasteiger charge is -2.33. The predicted molar refractivity (Wildman–Crippen MR) is 89.9 cm³/mol. The van der Waals surface area contributed by atoms with E-state index in [1.54, 1.807) is 10.8 Å². The van der Waals surface area contributed by atoms with Gasteiger partial charge in [0.15, 0.2) is 5.65 Å². The summed E-state index contributed by atoms with van der Waals surface area (Å²) < 4.78 is 1.66. The van der Waals surface area contributed by atoms with Gasteiger partial charge in [0, 0.05) is 25.7 Å². The fourth-order valence-electron chi connectivity index (χ4n) is 2.50. The van der Waals surface area contributed by atoms with Crippen LogP contribution in [0.15, 0.2) is 43.8 Å². The highest BCUT2D eigenvalue weighted by Crippen LogP contribution is 2.13. The lowest BCUT2D eigenvalue weighted by Crippen LogP contribution is -2.44. The number of nitrogens with one attached hydrogen (secondary N) is 1. The minimum Gasteiger partial charge on any atom is -0.367 e. The molecule has 0 aromatic carbocycles. The predicted octanol–water partition coefficient (Wildman–Crippen LogP) is 2.23. The number of aromatic nitrogens is 4. The van der Waals surface area contributed by atoms with E-state index >= 15 is 0 Å². The molecule has 0 spiro atoms. The van der Waals surface area contributed by atoms with Gasteiger partial charge in [0.1, 0.15) is 12.1 Å². The zero-order valence-electron chi connectivity index (χ0n) is 13.3. The van der Waals surface area contributed by atoms with Crippen molar-refractivity contribution < 1.29 is 0 Å². The van der Waals surface area contributed by atoms with Crippen molar-refractivity contribution in [3.63, 3.8) is 0 Å². The van der Waals surface area contributed by atoms with Gasteiger partial charge >= 0.3 is 0 Å². The highest BCUT2D eigenvalue weighted by atomic mass is 15.4. The fraction of sp³-hybridized carbons (Fsp3) is 0.438. The summed E-state index contributed by atoms with van der Waals surface area (Å²) in [5, 5.41) is 15.6. The monoisotopic (exact) mass is 300 g/mol. The van der Waals surface area contributed by atoms with Crippen molar-refractivity contribution in [2.75, 3.05) is 25.0 Å². The summed E-state index contributed by atoms with van der Waals surface area (Å²) in [6, 6.07) is 4.19. The number of anilines is 1. The number of nitrogens with zero attached hydrogens (tertiary/aromatic N) is 5. The molecule has 2 aromatic heterocycles. The van der Waals surface area contributed by atoms with Crippen molar-refractivity contribution in [3.05, 3.63) is 43.8 Å². The van der Waals surface area contributed by atoms with Gasteiger partial charge in [0.05, 0.1) is 0 Å². The topological polar surface area (TPSA) is 58.3 Å². The van der Waals surface area contributed by atoms with Gasteiger partial charge in [0.25, 0.3) is 0 Å². The normalized spacial score (nSPS) is 12.7. The van der Waals surface area contributed by atoms with Crippen LogP contribution in [0.5, 0.6) is 0 Å². The van der Waals surface area contributed by atoms with Gasteiger partial charge in [-0.25, -0.2) is 0 Å². The molecule has 2 rings (SSSR count). The molecule has 0 aliphatic heterocycles. The van der Waals surface area contributed by atoms with Crippen molar-refractivity contribution in [1.29, 1.82) is 0 Å². The van der Waals surface area contributed by atoms with E-state index in [0.29, 0.717) is 12.0 Å². The molecule has 6 heteroatoms. The second-order valence-electron chi connectivity index (χ2n) is 5.58. The van der Waals surface area contributed by atoms with Crippen LogP contribution in [0.4, 0.5) is 5.82 Å². The van der Waals surface area contributed by atoms with Crippen molar-refractivity contribution in [1.82, 2.24) is 24.7 Å². The van der Waals surface area contributed by atoms with E-state index in [1.807, 2.05) is 24.3 Å². The van der Waals surface area contributed by atoms with E-state index in [4.69, 9.17) is 0 Å². The molecule has 0 aliphatic carbocycles. The van der Waals surface area contributed by atoms with Crippen LogP contribution in [0.25, 0.3) is 5.65 Å². The molecule has 0 saturated heterocycles. The molecule has 1 N–H and O–H groups in total. The first-order valence-electron chi connectivity index (χ1n) is 7.52. The van der Waals surface area contributed by atoms with E-state index in [0.717, 1.165) is 31.1 Å². The quantitative estimate of drug-likeness (QED) is 0.720. The van der Waals surface area contributed by atoms with Crippen LogP contribution in [0, 0.1) is 5.92 Å². The Kier molecular flexibility index (Phi) is 5.66. The highest BCUT2D eigenvalue weighted by molar-refractivity contribution is 5.43. The maximum atomic E-state index is 4.44. The summed E-state index contributed by atoms with van der Waals surface area (Å²) in [6.07, 6.45) is 5.46. The summed E-state index contributed by atoms with van der Waals surface area (Å²) >= 11 is 0. The Balaban J connectivity index is 2.06. The van der Waals surface area contributed by atoms with Gasteiger partial charge in [-0.2, -0.15) is 4.52 Å². The minimum absolute atomic E-state index is 0.370. The van der Waals surface area contributed by atoms with Crippen LogP contribution in [0.1, 0.15) is 13.8 Å². The number of fused-ring (bicyclic) bond motifs is 1. The Morgan fingerprint density at radius 1 is 1.27 bits per heavy atom. The molecule has 0 fully saturated rings. The first-order chi connectivity index (χ1) is 10.7. The average Bonchev–Trinajstić information content (AvgIpc) is 2.95. The summed E-state index contributed by atoms with van der Waals surface area (Å²) in [4.78, 5) is 2.36. The Morgan fingerprint density at radius 2 is 2.00 bits per heavy atom. The van der Waals surface area contributed by atoms with E-state index < -0.39 is 0 Å². The zero-order valence-corrected chi connectivity index (χ0v) is 13.3. The largest absolute Gasteiger partial charge is 0.367 e. The van der Waals surface area contributed by atoms with Crippen LogP contribution >= 0.6 is 0 Å². The van der Waals surface area contributed by atoms with Gasteiger partial charge in [-0.05, 0) is 18.1 Å². The third-order valence-electron chi connectivity index (χ3n) is 3.62. The Labute approximate surface area is 131 Å². The zero-order chi connectivity index (χ0) is 15.9. The maximum Gasteiger partial charge on any atom is 0.177 e. The number of hydrogen-bond acceptors (Lipinski definition) is 5.